The molecule has 2 rings (SSSR count). The average Bonchev–Trinajstić information content (AvgIpc) is 2.83. The van der Waals surface area contributed by atoms with Crippen LogP contribution in [0.2, 0.25) is 0 Å². The molecule has 1 aliphatic rings. The number of likely N-dealkylation sites (tertiary alicyclic amines) is 1. The molecule has 0 amide bonds. The molecule has 1 N–H and O–H groups in total. The van der Waals surface area contributed by atoms with Crippen molar-refractivity contribution < 1.29 is 9.50 Å². The maximum absolute atomic E-state index is 13.1. The number of aliphatic hydroxyl groups excluding tert-OH is 1. The number of aliphatic hydroxyl groups is 1. The van der Waals surface area contributed by atoms with E-state index in [1.165, 1.54) is 31.4 Å². The Morgan fingerprint density at radius 2 is 2.33 bits per heavy atom. The smallest absolute Gasteiger partial charge is 0.123 e. The molecule has 2 nitrogen and oxygen atoms in total. The molecule has 0 radical (unpaired) electrons. The number of halogens is 1. The van der Waals surface area contributed by atoms with E-state index in [4.69, 9.17) is 0 Å². The zero-order chi connectivity index (χ0) is 13.0. The van der Waals surface area contributed by atoms with Crippen LogP contribution < -0.4 is 0 Å². The highest BCUT2D eigenvalue weighted by Gasteiger charge is 2.23. The molecule has 1 fully saturated rings. The molecule has 0 saturated carbocycles. The highest BCUT2D eigenvalue weighted by molar-refractivity contribution is 5.18. The zero-order valence-corrected chi connectivity index (χ0v) is 11.0. The van der Waals surface area contributed by atoms with E-state index < -0.39 is 6.10 Å². The lowest BCUT2D eigenvalue weighted by Gasteiger charge is -2.24. The van der Waals surface area contributed by atoms with Crippen molar-refractivity contribution in [3.63, 3.8) is 0 Å². The summed E-state index contributed by atoms with van der Waals surface area (Å²) in [6.45, 7) is 4.25. The van der Waals surface area contributed by atoms with Gasteiger partial charge in [0.1, 0.15) is 5.82 Å². The first kappa shape index (κ1) is 13.5. The van der Waals surface area contributed by atoms with Gasteiger partial charge in [-0.2, -0.15) is 0 Å². The van der Waals surface area contributed by atoms with E-state index in [0.717, 1.165) is 13.1 Å². The van der Waals surface area contributed by atoms with Gasteiger partial charge in [0.15, 0.2) is 0 Å². The molecule has 2 atom stereocenters. The van der Waals surface area contributed by atoms with Crippen LogP contribution in [-0.4, -0.2) is 29.1 Å². The molecule has 1 aromatic carbocycles. The Bertz CT molecular complexity index is 383. The third-order valence-corrected chi connectivity index (χ3v) is 3.89. The van der Waals surface area contributed by atoms with Crippen LogP contribution in [0.4, 0.5) is 4.39 Å². The second-order valence-corrected chi connectivity index (χ2v) is 5.10. The van der Waals surface area contributed by atoms with E-state index in [9.17, 15) is 9.50 Å². The fourth-order valence-electron chi connectivity index (χ4n) is 2.82. The molecule has 100 valence electrons. The summed E-state index contributed by atoms with van der Waals surface area (Å²) in [5.74, 6) is -0.279. The number of benzene rings is 1. The lowest BCUT2D eigenvalue weighted by Crippen LogP contribution is -2.30. The molecule has 1 aromatic rings. The summed E-state index contributed by atoms with van der Waals surface area (Å²) in [4.78, 5) is 2.45. The highest BCUT2D eigenvalue weighted by Crippen LogP contribution is 2.23. The van der Waals surface area contributed by atoms with Gasteiger partial charge in [-0.05, 0) is 49.9 Å². The van der Waals surface area contributed by atoms with Gasteiger partial charge in [-0.15, -0.1) is 0 Å². The van der Waals surface area contributed by atoms with E-state index in [1.54, 1.807) is 12.1 Å². The number of hydrogen-bond donors (Lipinski definition) is 1. The van der Waals surface area contributed by atoms with Gasteiger partial charge in [-0.25, -0.2) is 4.39 Å². The Labute approximate surface area is 108 Å². The van der Waals surface area contributed by atoms with Gasteiger partial charge in [0.25, 0.3) is 0 Å². The number of rotatable bonds is 5. The Balaban J connectivity index is 1.86. The van der Waals surface area contributed by atoms with E-state index in [2.05, 4.69) is 11.8 Å². The van der Waals surface area contributed by atoms with Gasteiger partial charge in [-0.1, -0.05) is 19.1 Å². The Morgan fingerprint density at radius 3 is 3.06 bits per heavy atom. The summed E-state index contributed by atoms with van der Waals surface area (Å²) in [6.07, 6.45) is 3.83. The molecule has 0 aromatic heterocycles. The molecule has 1 aliphatic heterocycles. The molecule has 18 heavy (non-hydrogen) atoms. The van der Waals surface area contributed by atoms with Crippen molar-refractivity contribution in [3.05, 3.63) is 35.6 Å². The quantitative estimate of drug-likeness (QED) is 0.869. The van der Waals surface area contributed by atoms with E-state index in [-0.39, 0.29) is 5.82 Å². The van der Waals surface area contributed by atoms with Gasteiger partial charge in [0.05, 0.1) is 6.10 Å². The maximum atomic E-state index is 13.1. The van der Waals surface area contributed by atoms with Crippen LogP contribution in [0.3, 0.4) is 0 Å². The summed E-state index contributed by atoms with van der Waals surface area (Å²) in [7, 11) is 0. The SMILES string of the molecule is CCC1CCCN1CCC(O)c1cccc(F)c1. The first-order chi connectivity index (χ1) is 8.70. The maximum Gasteiger partial charge on any atom is 0.123 e. The van der Waals surface area contributed by atoms with Crippen molar-refractivity contribution >= 4 is 0 Å². The van der Waals surface area contributed by atoms with Crippen LogP contribution in [0.1, 0.15) is 44.3 Å². The molecule has 0 aliphatic carbocycles. The van der Waals surface area contributed by atoms with Crippen molar-refractivity contribution in [2.75, 3.05) is 13.1 Å². The fraction of sp³-hybridized carbons (Fsp3) is 0.600. The minimum atomic E-state index is -0.557. The van der Waals surface area contributed by atoms with Crippen LogP contribution in [0.15, 0.2) is 24.3 Å². The van der Waals surface area contributed by atoms with Crippen molar-refractivity contribution in [1.29, 1.82) is 0 Å². The second kappa shape index (κ2) is 6.30. The Kier molecular flexibility index (Phi) is 4.72. The van der Waals surface area contributed by atoms with Crippen LogP contribution in [0.25, 0.3) is 0 Å². The van der Waals surface area contributed by atoms with Gasteiger partial charge in [0.2, 0.25) is 0 Å². The van der Waals surface area contributed by atoms with Gasteiger partial charge in [-0.3, -0.25) is 0 Å². The lowest BCUT2D eigenvalue weighted by atomic mass is 10.1. The normalized spacial score (nSPS) is 22.3. The first-order valence-corrected chi connectivity index (χ1v) is 6.88. The summed E-state index contributed by atoms with van der Waals surface area (Å²) >= 11 is 0. The van der Waals surface area contributed by atoms with Crippen LogP contribution >= 0.6 is 0 Å². The third-order valence-electron chi connectivity index (χ3n) is 3.89. The molecule has 0 spiro atoms. The molecule has 1 heterocycles. The predicted octanol–water partition coefficient (Wildman–Crippen LogP) is 3.12. The summed E-state index contributed by atoms with van der Waals surface area (Å²) in [5.41, 5.74) is 0.683. The predicted molar refractivity (Wildman–Crippen MR) is 70.9 cm³/mol. The number of nitrogens with zero attached hydrogens (tertiary/aromatic N) is 1. The molecular formula is C15H22FNO. The van der Waals surface area contributed by atoms with Crippen LogP contribution in [0, 0.1) is 5.82 Å². The third kappa shape index (κ3) is 3.30. The van der Waals surface area contributed by atoms with Gasteiger partial charge in [0, 0.05) is 12.6 Å². The van der Waals surface area contributed by atoms with E-state index in [0.29, 0.717) is 18.0 Å². The monoisotopic (exact) mass is 251 g/mol. The zero-order valence-electron chi connectivity index (χ0n) is 11.0. The van der Waals surface area contributed by atoms with Gasteiger partial charge >= 0.3 is 0 Å². The Hall–Kier alpha value is -0.930. The fourth-order valence-corrected chi connectivity index (χ4v) is 2.82. The topological polar surface area (TPSA) is 23.5 Å². The molecule has 1 saturated heterocycles. The molecule has 0 bridgehead atoms. The molecule has 2 unspecified atom stereocenters. The Morgan fingerprint density at radius 1 is 1.50 bits per heavy atom. The van der Waals surface area contributed by atoms with E-state index >= 15 is 0 Å². The minimum absolute atomic E-state index is 0.279. The molecule has 3 heteroatoms. The minimum Gasteiger partial charge on any atom is -0.388 e. The van der Waals surface area contributed by atoms with Crippen molar-refractivity contribution in [1.82, 2.24) is 4.90 Å². The van der Waals surface area contributed by atoms with Crippen molar-refractivity contribution in [2.24, 2.45) is 0 Å². The van der Waals surface area contributed by atoms with Crippen molar-refractivity contribution in [2.45, 2.75) is 44.8 Å². The highest BCUT2D eigenvalue weighted by atomic mass is 19.1. The number of hydrogen-bond acceptors (Lipinski definition) is 2. The largest absolute Gasteiger partial charge is 0.388 e. The summed E-state index contributed by atoms with van der Waals surface area (Å²) < 4.78 is 13.1. The first-order valence-electron chi connectivity index (χ1n) is 6.88. The lowest BCUT2D eigenvalue weighted by molar-refractivity contribution is 0.136. The van der Waals surface area contributed by atoms with Gasteiger partial charge < -0.3 is 10.0 Å². The van der Waals surface area contributed by atoms with Crippen LogP contribution in [-0.2, 0) is 0 Å². The standard InChI is InChI=1S/C15H22FNO/c1-2-14-7-4-9-17(14)10-8-15(18)12-5-3-6-13(16)11-12/h3,5-6,11,14-15,18H,2,4,7-10H2,1H3. The van der Waals surface area contributed by atoms with E-state index in [1.807, 2.05) is 0 Å². The molecular weight excluding hydrogens is 229 g/mol. The van der Waals surface area contributed by atoms with Crippen LogP contribution in [0.5, 0.6) is 0 Å². The summed E-state index contributed by atoms with van der Waals surface area (Å²) in [5, 5.41) is 10.1. The average molecular weight is 251 g/mol. The van der Waals surface area contributed by atoms with Crippen molar-refractivity contribution in [3.8, 4) is 0 Å². The second-order valence-electron chi connectivity index (χ2n) is 5.10. The summed E-state index contributed by atoms with van der Waals surface area (Å²) in [6, 6.07) is 6.94.